The molecule has 1 saturated heterocycles. The zero-order chi connectivity index (χ0) is 13.4. The fourth-order valence-corrected chi connectivity index (χ4v) is 3.54. The molecule has 0 spiro atoms. The predicted molar refractivity (Wildman–Crippen MR) is 81.6 cm³/mol. The number of anilines is 1. The van der Waals surface area contributed by atoms with E-state index >= 15 is 0 Å². The van der Waals surface area contributed by atoms with Crippen molar-refractivity contribution in [2.45, 2.75) is 18.9 Å². The van der Waals surface area contributed by atoms with E-state index in [1.807, 2.05) is 19.2 Å². The summed E-state index contributed by atoms with van der Waals surface area (Å²) in [5, 5.41) is 4.37. The molecule has 1 unspecified atom stereocenters. The standard InChI is InChI=1S/C13H14BrN3OS/c1-17-7-9(3-5-12(17)18)15-13-16-10-6-8(14)2-4-11(10)19-13/h2,4,6,9H,3,5,7H2,1H3,(H,15,16). The second kappa shape index (κ2) is 5.09. The molecule has 1 aliphatic rings. The first-order valence-corrected chi connectivity index (χ1v) is 7.79. The van der Waals surface area contributed by atoms with Crippen LogP contribution in [-0.2, 0) is 4.79 Å². The first kappa shape index (κ1) is 12.9. The molecule has 19 heavy (non-hydrogen) atoms. The van der Waals surface area contributed by atoms with Gasteiger partial charge in [-0.05, 0) is 24.6 Å². The number of likely N-dealkylation sites (N-methyl/N-ethyl adjacent to an activating group) is 1. The van der Waals surface area contributed by atoms with Gasteiger partial charge < -0.3 is 10.2 Å². The van der Waals surface area contributed by atoms with Gasteiger partial charge in [0.05, 0.1) is 10.2 Å². The van der Waals surface area contributed by atoms with Gasteiger partial charge >= 0.3 is 0 Å². The molecule has 1 N–H and O–H groups in total. The summed E-state index contributed by atoms with van der Waals surface area (Å²) in [5.74, 6) is 0.228. The SMILES string of the molecule is CN1CC(Nc2nc3cc(Br)ccc3s2)CCC1=O. The quantitative estimate of drug-likeness (QED) is 0.914. The van der Waals surface area contributed by atoms with Gasteiger partial charge in [-0.3, -0.25) is 4.79 Å². The third kappa shape index (κ3) is 2.74. The van der Waals surface area contributed by atoms with E-state index in [2.05, 4.69) is 32.3 Å². The molecule has 1 fully saturated rings. The van der Waals surface area contributed by atoms with Gasteiger partial charge in [0, 0.05) is 30.5 Å². The molecule has 0 saturated carbocycles. The molecule has 2 aromatic rings. The summed E-state index contributed by atoms with van der Waals surface area (Å²) in [6.07, 6.45) is 1.49. The van der Waals surface area contributed by atoms with E-state index in [-0.39, 0.29) is 5.91 Å². The summed E-state index contributed by atoms with van der Waals surface area (Å²) < 4.78 is 2.21. The Morgan fingerprint density at radius 3 is 3.16 bits per heavy atom. The normalized spacial score (nSPS) is 20.0. The van der Waals surface area contributed by atoms with Crippen LogP contribution in [0.5, 0.6) is 0 Å². The van der Waals surface area contributed by atoms with Crippen LogP contribution in [0, 0.1) is 0 Å². The molecule has 0 bridgehead atoms. The molecule has 2 heterocycles. The Morgan fingerprint density at radius 1 is 1.53 bits per heavy atom. The van der Waals surface area contributed by atoms with Crippen LogP contribution in [-0.4, -0.2) is 35.4 Å². The summed E-state index contributed by atoms with van der Waals surface area (Å²) >= 11 is 5.11. The van der Waals surface area contributed by atoms with E-state index in [0.717, 1.165) is 28.1 Å². The number of hydrogen-bond acceptors (Lipinski definition) is 4. The third-order valence-electron chi connectivity index (χ3n) is 3.30. The average molecular weight is 340 g/mol. The summed E-state index contributed by atoms with van der Waals surface area (Å²) in [4.78, 5) is 17.8. The number of aromatic nitrogens is 1. The number of rotatable bonds is 2. The Balaban J connectivity index is 1.76. The Hall–Kier alpha value is -1.14. The molecule has 1 aliphatic heterocycles. The third-order valence-corrected chi connectivity index (χ3v) is 4.76. The number of amides is 1. The number of carbonyl (C=O) groups is 1. The lowest BCUT2D eigenvalue weighted by atomic mass is 10.1. The predicted octanol–water partition coefficient (Wildman–Crippen LogP) is 3.09. The van der Waals surface area contributed by atoms with Gasteiger partial charge in [0.25, 0.3) is 0 Å². The highest BCUT2D eigenvalue weighted by molar-refractivity contribution is 9.10. The highest BCUT2D eigenvalue weighted by Crippen LogP contribution is 2.29. The van der Waals surface area contributed by atoms with E-state index in [4.69, 9.17) is 0 Å². The Kier molecular flexibility index (Phi) is 3.45. The number of benzene rings is 1. The topological polar surface area (TPSA) is 45.2 Å². The first-order valence-electron chi connectivity index (χ1n) is 6.18. The van der Waals surface area contributed by atoms with Crippen molar-refractivity contribution in [3.05, 3.63) is 22.7 Å². The molecule has 4 nitrogen and oxygen atoms in total. The minimum absolute atomic E-state index is 0.228. The van der Waals surface area contributed by atoms with E-state index in [1.54, 1.807) is 16.2 Å². The van der Waals surface area contributed by atoms with Crippen molar-refractivity contribution in [3.8, 4) is 0 Å². The van der Waals surface area contributed by atoms with Gasteiger partial charge in [-0.1, -0.05) is 27.3 Å². The number of thiazole rings is 1. The lowest BCUT2D eigenvalue weighted by molar-refractivity contribution is -0.132. The second-order valence-electron chi connectivity index (χ2n) is 4.79. The summed E-state index contributed by atoms with van der Waals surface area (Å²) in [6, 6.07) is 6.41. The molecular weight excluding hydrogens is 326 g/mol. The molecule has 1 aromatic carbocycles. The second-order valence-corrected chi connectivity index (χ2v) is 6.73. The molecule has 6 heteroatoms. The van der Waals surface area contributed by atoms with Gasteiger partial charge in [0.1, 0.15) is 0 Å². The van der Waals surface area contributed by atoms with Crippen LogP contribution in [0.25, 0.3) is 10.2 Å². The number of carbonyl (C=O) groups excluding carboxylic acids is 1. The summed E-state index contributed by atoms with van der Waals surface area (Å²) in [6.45, 7) is 0.748. The fourth-order valence-electron chi connectivity index (χ4n) is 2.27. The van der Waals surface area contributed by atoms with Gasteiger partial charge in [-0.25, -0.2) is 4.98 Å². The molecular formula is C13H14BrN3OS. The summed E-state index contributed by atoms with van der Waals surface area (Å²) in [7, 11) is 1.85. The number of piperidine rings is 1. The van der Waals surface area contributed by atoms with E-state index in [0.29, 0.717) is 12.5 Å². The molecule has 100 valence electrons. The van der Waals surface area contributed by atoms with Crippen LogP contribution in [0.3, 0.4) is 0 Å². The maximum atomic E-state index is 11.5. The van der Waals surface area contributed by atoms with Crippen molar-refractivity contribution in [1.29, 1.82) is 0 Å². The monoisotopic (exact) mass is 339 g/mol. The molecule has 1 aromatic heterocycles. The minimum atomic E-state index is 0.228. The van der Waals surface area contributed by atoms with Gasteiger partial charge in [0.2, 0.25) is 5.91 Å². The van der Waals surface area contributed by atoms with Crippen molar-refractivity contribution in [2.24, 2.45) is 0 Å². The summed E-state index contributed by atoms with van der Waals surface area (Å²) in [5.41, 5.74) is 1.00. The molecule has 1 amide bonds. The van der Waals surface area contributed by atoms with Crippen molar-refractivity contribution < 1.29 is 4.79 Å². The highest BCUT2D eigenvalue weighted by Gasteiger charge is 2.23. The van der Waals surface area contributed by atoms with E-state index in [9.17, 15) is 4.79 Å². The molecule has 0 radical (unpaired) electrons. The number of nitrogens with one attached hydrogen (secondary N) is 1. The van der Waals surface area contributed by atoms with Crippen molar-refractivity contribution >= 4 is 48.5 Å². The molecule has 0 aliphatic carbocycles. The Morgan fingerprint density at radius 2 is 2.37 bits per heavy atom. The first-order chi connectivity index (χ1) is 9.11. The lowest BCUT2D eigenvalue weighted by Crippen LogP contribution is -2.43. The van der Waals surface area contributed by atoms with E-state index in [1.165, 1.54) is 4.70 Å². The maximum Gasteiger partial charge on any atom is 0.222 e. The van der Waals surface area contributed by atoms with Gasteiger partial charge in [0.15, 0.2) is 5.13 Å². The zero-order valence-electron chi connectivity index (χ0n) is 10.5. The average Bonchev–Trinajstić information content (AvgIpc) is 2.75. The molecule has 1 atom stereocenters. The van der Waals surface area contributed by atoms with Crippen LogP contribution < -0.4 is 5.32 Å². The number of hydrogen-bond donors (Lipinski definition) is 1. The zero-order valence-corrected chi connectivity index (χ0v) is 12.9. The highest BCUT2D eigenvalue weighted by atomic mass is 79.9. The maximum absolute atomic E-state index is 11.5. The van der Waals surface area contributed by atoms with Crippen LogP contribution in [0.2, 0.25) is 0 Å². The fraction of sp³-hybridized carbons (Fsp3) is 0.385. The van der Waals surface area contributed by atoms with E-state index < -0.39 is 0 Å². The Labute approximate surface area is 123 Å². The smallest absolute Gasteiger partial charge is 0.222 e. The Bertz CT molecular complexity index is 627. The number of likely N-dealkylation sites (tertiary alicyclic amines) is 1. The van der Waals surface area contributed by atoms with Crippen LogP contribution in [0.1, 0.15) is 12.8 Å². The minimum Gasteiger partial charge on any atom is -0.357 e. The van der Waals surface area contributed by atoms with Crippen molar-refractivity contribution in [1.82, 2.24) is 9.88 Å². The molecule has 3 rings (SSSR count). The number of halogens is 1. The van der Waals surface area contributed by atoms with Crippen LogP contribution in [0.15, 0.2) is 22.7 Å². The number of fused-ring (bicyclic) bond motifs is 1. The van der Waals surface area contributed by atoms with Gasteiger partial charge in [-0.15, -0.1) is 0 Å². The van der Waals surface area contributed by atoms with Crippen LogP contribution in [0.4, 0.5) is 5.13 Å². The number of nitrogens with zero attached hydrogens (tertiary/aromatic N) is 2. The van der Waals surface area contributed by atoms with Gasteiger partial charge in [-0.2, -0.15) is 0 Å². The van der Waals surface area contributed by atoms with Crippen molar-refractivity contribution in [2.75, 3.05) is 18.9 Å². The van der Waals surface area contributed by atoms with Crippen LogP contribution >= 0.6 is 27.3 Å². The largest absolute Gasteiger partial charge is 0.357 e. The van der Waals surface area contributed by atoms with Crippen molar-refractivity contribution in [3.63, 3.8) is 0 Å². The lowest BCUT2D eigenvalue weighted by Gasteiger charge is -2.29.